The van der Waals surface area contributed by atoms with Gasteiger partial charge in [0.1, 0.15) is 0 Å². The van der Waals surface area contributed by atoms with E-state index in [1.54, 1.807) is 0 Å². The second-order valence-corrected chi connectivity index (χ2v) is 14.2. The first-order chi connectivity index (χ1) is 27.3. The number of benzene rings is 9. The molecule has 0 aliphatic carbocycles. The summed E-state index contributed by atoms with van der Waals surface area (Å²) in [5.74, 6) is 0. The number of fused-ring (bicyclic) bond motifs is 7. The number of nitrogens with zero attached hydrogens (tertiary/aromatic N) is 3. The molecule has 2 aromatic heterocycles. The van der Waals surface area contributed by atoms with Crippen LogP contribution in [0, 0.1) is 0 Å². The van der Waals surface area contributed by atoms with Crippen molar-refractivity contribution in [3.63, 3.8) is 0 Å². The maximum atomic E-state index is 2.49. The van der Waals surface area contributed by atoms with Crippen molar-refractivity contribution in [3.05, 3.63) is 212 Å². The summed E-state index contributed by atoms with van der Waals surface area (Å²) < 4.78 is 4.86. The van der Waals surface area contributed by atoms with Crippen molar-refractivity contribution in [3.8, 4) is 22.5 Å². The van der Waals surface area contributed by atoms with Crippen molar-refractivity contribution in [1.29, 1.82) is 0 Å². The third-order valence-electron chi connectivity index (χ3n) is 11.1. The maximum absolute atomic E-state index is 2.49. The van der Waals surface area contributed by atoms with Gasteiger partial charge in [0.2, 0.25) is 0 Å². The number of anilines is 3. The highest BCUT2D eigenvalue weighted by atomic mass is 15.2. The highest BCUT2D eigenvalue weighted by molar-refractivity contribution is 6.13. The largest absolute Gasteiger partial charge is 0.309 e. The van der Waals surface area contributed by atoms with Gasteiger partial charge in [-0.1, -0.05) is 152 Å². The van der Waals surface area contributed by atoms with Crippen LogP contribution in [0.4, 0.5) is 17.1 Å². The minimum Gasteiger partial charge on any atom is -0.309 e. The fourth-order valence-electron chi connectivity index (χ4n) is 8.66. The van der Waals surface area contributed by atoms with Gasteiger partial charge in [0, 0.05) is 44.0 Å². The van der Waals surface area contributed by atoms with Crippen LogP contribution >= 0.6 is 0 Å². The highest BCUT2D eigenvalue weighted by Crippen LogP contribution is 2.47. The molecule has 0 saturated carbocycles. The van der Waals surface area contributed by atoms with Crippen molar-refractivity contribution in [2.24, 2.45) is 0 Å². The lowest BCUT2D eigenvalue weighted by molar-refractivity contribution is 1.15. The van der Waals surface area contributed by atoms with Crippen LogP contribution in [0.3, 0.4) is 0 Å². The molecule has 11 rings (SSSR count). The van der Waals surface area contributed by atoms with E-state index in [1.807, 2.05) is 0 Å². The summed E-state index contributed by atoms with van der Waals surface area (Å²) in [5.41, 5.74) is 12.6. The lowest BCUT2D eigenvalue weighted by Crippen LogP contribution is -2.14. The maximum Gasteiger partial charge on any atom is 0.0781 e. The van der Waals surface area contributed by atoms with E-state index in [9.17, 15) is 0 Å². The molecule has 0 amide bonds. The van der Waals surface area contributed by atoms with Crippen LogP contribution in [0.2, 0.25) is 0 Å². The Morgan fingerprint density at radius 1 is 0.309 bits per heavy atom. The lowest BCUT2D eigenvalue weighted by atomic mass is 10.0. The smallest absolute Gasteiger partial charge is 0.0781 e. The lowest BCUT2D eigenvalue weighted by Gasteiger charge is -2.30. The predicted molar refractivity (Wildman–Crippen MR) is 233 cm³/mol. The predicted octanol–water partition coefficient (Wildman–Crippen LogP) is 14.2. The molecular weight excluding hydrogens is 667 g/mol. The molecule has 9 aromatic carbocycles. The molecule has 258 valence electrons. The van der Waals surface area contributed by atoms with Crippen LogP contribution in [0.15, 0.2) is 212 Å². The molecule has 3 heteroatoms. The summed E-state index contributed by atoms with van der Waals surface area (Å²) >= 11 is 0. The summed E-state index contributed by atoms with van der Waals surface area (Å²) in [4.78, 5) is 2.49. The Morgan fingerprint density at radius 2 is 0.836 bits per heavy atom. The highest BCUT2D eigenvalue weighted by Gasteiger charge is 2.24. The summed E-state index contributed by atoms with van der Waals surface area (Å²) in [5, 5.41) is 7.30. The topological polar surface area (TPSA) is 13.1 Å². The Bertz CT molecular complexity index is 3150. The van der Waals surface area contributed by atoms with Crippen molar-refractivity contribution < 1.29 is 0 Å². The van der Waals surface area contributed by atoms with Gasteiger partial charge in [0.05, 0.1) is 33.4 Å². The summed E-state index contributed by atoms with van der Waals surface area (Å²) in [7, 11) is 0. The molecule has 0 unspecified atom stereocenters. The average molecular weight is 702 g/mol. The molecule has 2 heterocycles. The van der Waals surface area contributed by atoms with Gasteiger partial charge < -0.3 is 14.0 Å². The van der Waals surface area contributed by atoms with E-state index in [2.05, 4.69) is 226 Å². The second kappa shape index (κ2) is 12.6. The standard InChI is InChI=1S/C52H35N3/c1-3-16-36(17-4-1)38-19-15-22-40(34-38)53(41-31-32-46-45-26-9-12-27-47(45)54(51(46)35-41)39-20-5-2-6-21-39)52-42-23-8-7-18-37(42)30-33-50(52)55-48-28-13-10-24-43(48)44-25-11-14-29-49(44)55/h1-35H. The molecule has 0 radical (unpaired) electrons. The summed E-state index contributed by atoms with van der Waals surface area (Å²) in [6.07, 6.45) is 0. The Kier molecular flexibility index (Phi) is 7.17. The van der Waals surface area contributed by atoms with Gasteiger partial charge in [-0.15, -0.1) is 0 Å². The normalized spacial score (nSPS) is 11.6. The van der Waals surface area contributed by atoms with E-state index in [0.717, 1.165) is 34.0 Å². The number of aromatic nitrogens is 2. The molecule has 11 aromatic rings. The molecule has 0 atom stereocenters. The number of rotatable bonds is 6. The van der Waals surface area contributed by atoms with Crippen LogP contribution < -0.4 is 4.90 Å². The van der Waals surface area contributed by atoms with Gasteiger partial charge in [-0.05, 0) is 77.2 Å². The van der Waals surface area contributed by atoms with Crippen LogP contribution in [-0.4, -0.2) is 9.13 Å². The van der Waals surface area contributed by atoms with E-state index >= 15 is 0 Å². The molecule has 0 aliphatic heterocycles. The zero-order valence-corrected chi connectivity index (χ0v) is 30.0. The van der Waals surface area contributed by atoms with E-state index < -0.39 is 0 Å². The van der Waals surface area contributed by atoms with Crippen molar-refractivity contribution in [1.82, 2.24) is 9.13 Å². The van der Waals surface area contributed by atoms with Crippen LogP contribution in [0.25, 0.3) is 76.9 Å². The number of hydrogen-bond acceptors (Lipinski definition) is 1. The van der Waals surface area contributed by atoms with Gasteiger partial charge in [0.25, 0.3) is 0 Å². The van der Waals surface area contributed by atoms with Gasteiger partial charge in [0.15, 0.2) is 0 Å². The summed E-state index contributed by atoms with van der Waals surface area (Å²) in [6, 6.07) is 77.1. The fourth-order valence-corrected chi connectivity index (χ4v) is 8.66. The molecule has 0 saturated heterocycles. The molecule has 0 N–H and O–H groups in total. The number of hydrogen-bond donors (Lipinski definition) is 0. The molecule has 55 heavy (non-hydrogen) atoms. The van der Waals surface area contributed by atoms with Crippen LogP contribution in [0.1, 0.15) is 0 Å². The molecule has 0 spiro atoms. The van der Waals surface area contributed by atoms with Crippen LogP contribution in [0.5, 0.6) is 0 Å². The second-order valence-electron chi connectivity index (χ2n) is 14.2. The Balaban J connectivity index is 1.27. The zero-order valence-electron chi connectivity index (χ0n) is 30.0. The van der Waals surface area contributed by atoms with E-state index in [1.165, 1.54) is 60.0 Å². The van der Waals surface area contributed by atoms with E-state index in [0.29, 0.717) is 0 Å². The Hall–Kier alpha value is -7.36. The van der Waals surface area contributed by atoms with Crippen molar-refractivity contribution in [2.75, 3.05) is 4.90 Å². The minimum absolute atomic E-state index is 1.08. The fraction of sp³-hybridized carbons (Fsp3) is 0. The van der Waals surface area contributed by atoms with Gasteiger partial charge in [-0.2, -0.15) is 0 Å². The van der Waals surface area contributed by atoms with E-state index in [4.69, 9.17) is 0 Å². The zero-order chi connectivity index (χ0) is 36.3. The Morgan fingerprint density at radius 3 is 1.53 bits per heavy atom. The first-order valence-corrected chi connectivity index (χ1v) is 18.9. The molecular formula is C52H35N3. The summed E-state index contributed by atoms with van der Waals surface area (Å²) in [6.45, 7) is 0. The monoisotopic (exact) mass is 701 g/mol. The Labute approximate surface area is 319 Å². The third kappa shape index (κ3) is 4.98. The third-order valence-corrected chi connectivity index (χ3v) is 11.1. The van der Waals surface area contributed by atoms with Gasteiger partial charge in [-0.25, -0.2) is 0 Å². The van der Waals surface area contributed by atoms with E-state index in [-0.39, 0.29) is 0 Å². The van der Waals surface area contributed by atoms with Crippen molar-refractivity contribution >= 4 is 71.4 Å². The molecule has 0 fully saturated rings. The first kappa shape index (κ1) is 31.2. The first-order valence-electron chi connectivity index (χ1n) is 18.9. The van der Waals surface area contributed by atoms with Gasteiger partial charge >= 0.3 is 0 Å². The SMILES string of the molecule is c1ccc(-c2cccc(N(c3ccc4c5ccccc5n(-c5ccccc5)c4c3)c3c(-n4c5ccccc5c5ccccc54)ccc4ccccc34)c2)cc1. The minimum atomic E-state index is 1.08. The van der Waals surface area contributed by atoms with Crippen molar-refractivity contribution in [2.45, 2.75) is 0 Å². The molecule has 3 nitrogen and oxygen atoms in total. The van der Waals surface area contributed by atoms with Gasteiger partial charge in [-0.3, -0.25) is 0 Å². The quantitative estimate of drug-likeness (QED) is 0.168. The number of para-hydroxylation sites is 4. The average Bonchev–Trinajstić information content (AvgIpc) is 3.77. The molecule has 0 bridgehead atoms. The molecule has 0 aliphatic rings. The van der Waals surface area contributed by atoms with Crippen LogP contribution in [-0.2, 0) is 0 Å².